The lowest BCUT2D eigenvalue weighted by molar-refractivity contribution is 0.386. The normalized spacial score (nSPS) is 10.6. The van der Waals surface area contributed by atoms with Crippen molar-refractivity contribution in [3.05, 3.63) is 48.3 Å². The Morgan fingerprint density at radius 1 is 1.19 bits per heavy atom. The minimum absolute atomic E-state index is 0.0674. The van der Waals surface area contributed by atoms with Gasteiger partial charge in [0.05, 0.1) is 12.8 Å². The molecule has 0 aliphatic carbocycles. The number of nitrogen functional groups attached to an aromatic ring is 1. The van der Waals surface area contributed by atoms with Gasteiger partial charge in [0.2, 0.25) is 5.82 Å². The minimum Gasteiger partial charge on any atom is -0.494 e. The van der Waals surface area contributed by atoms with Gasteiger partial charge >= 0.3 is 0 Å². The van der Waals surface area contributed by atoms with Crippen LogP contribution in [-0.2, 0) is 0 Å². The number of nitrogens with two attached hydrogens (primary N) is 1. The Bertz CT molecular complexity index is 772. The lowest BCUT2D eigenvalue weighted by Crippen LogP contribution is -2.05. The fourth-order valence-electron chi connectivity index (χ4n) is 1.91. The molecule has 0 amide bonds. The molecule has 0 saturated carbocycles. The van der Waals surface area contributed by atoms with Crippen LogP contribution in [0.2, 0.25) is 0 Å². The Kier molecular flexibility index (Phi) is 3.23. The maximum Gasteiger partial charge on any atom is 0.205 e. The summed E-state index contributed by atoms with van der Waals surface area (Å²) in [6.07, 6.45) is 0. The van der Waals surface area contributed by atoms with E-state index in [1.165, 1.54) is 24.0 Å². The van der Waals surface area contributed by atoms with E-state index in [1.54, 1.807) is 0 Å². The molecule has 21 heavy (non-hydrogen) atoms. The van der Waals surface area contributed by atoms with Crippen molar-refractivity contribution in [2.75, 3.05) is 12.8 Å². The Labute approximate surface area is 120 Å². The number of ether oxygens (including phenoxy) is 1. The number of hydrogen-bond acceptors (Lipinski definition) is 5. The van der Waals surface area contributed by atoms with E-state index in [2.05, 4.69) is 15.4 Å². The first-order chi connectivity index (χ1) is 10.2. The van der Waals surface area contributed by atoms with Gasteiger partial charge in [0.1, 0.15) is 5.69 Å². The monoisotopic (exact) mass is 285 g/mol. The Hall–Kier alpha value is -2.96. The van der Waals surface area contributed by atoms with Crippen LogP contribution in [0.1, 0.15) is 0 Å². The SMILES string of the molecule is COc1cc(-n2nnc(-c3ccccc3)n2)c(N)cc1F. The summed E-state index contributed by atoms with van der Waals surface area (Å²) in [4.78, 5) is 1.25. The third-order valence-corrected chi connectivity index (χ3v) is 2.96. The maximum absolute atomic E-state index is 13.5. The van der Waals surface area contributed by atoms with Crippen molar-refractivity contribution < 1.29 is 9.13 Å². The summed E-state index contributed by atoms with van der Waals surface area (Å²) in [5.41, 5.74) is 7.24. The molecule has 0 fully saturated rings. The summed E-state index contributed by atoms with van der Waals surface area (Å²) < 4.78 is 18.5. The highest BCUT2D eigenvalue weighted by Crippen LogP contribution is 2.26. The van der Waals surface area contributed by atoms with Gasteiger partial charge in [-0.25, -0.2) is 4.39 Å². The molecule has 7 heteroatoms. The summed E-state index contributed by atoms with van der Waals surface area (Å²) >= 11 is 0. The largest absolute Gasteiger partial charge is 0.494 e. The summed E-state index contributed by atoms with van der Waals surface area (Å²) in [7, 11) is 1.38. The van der Waals surface area contributed by atoms with Crippen molar-refractivity contribution >= 4 is 5.69 Å². The van der Waals surface area contributed by atoms with Gasteiger partial charge in [-0.2, -0.15) is 0 Å². The van der Waals surface area contributed by atoms with Crippen LogP contribution in [0.15, 0.2) is 42.5 Å². The highest BCUT2D eigenvalue weighted by atomic mass is 19.1. The molecule has 106 valence electrons. The van der Waals surface area contributed by atoms with Gasteiger partial charge in [-0.15, -0.1) is 15.0 Å². The first-order valence-corrected chi connectivity index (χ1v) is 6.18. The molecule has 0 radical (unpaired) electrons. The number of benzene rings is 2. The van der Waals surface area contributed by atoms with Crippen molar-refractivity contribution in [2.24, 2.45) is 0 Å². The van der Waals surface area contributed by atoms with Crippen LogP contribution in [0.5, 0.6) is 5.75 Å². The van der Waals surface area contributed by atoms with Gasteiger partial charge in [-0.3, -0.25) is 0 Å². The van der Waals surface area contributed by atoms with E-state index >= 15 is 0 Å². The smallest absolute Gasteiger partial charge is 0.205 e. The fourth-order valence-corrected chi connectivity index (χ4v) is 1.91. The number of nitrogens with zero attached hydrogens (tertiary/aromatic N) is 4. The quantitative estimate of drug-likeness (QED) is 0.745. The van der Waals surface area contributed by atoms with E-state index in [0.717, 1.165) is 5.56 Å². The average Bonchev–Trinajstić information content (AvgIpc) is 2.98. The molecular weight excluding hydrogens is 273 g/mol. The summed E-state index contributed by atoms with van der Waals surface area (Å²) in [5, 5.41) is 12.2. The number of aromatic nitrogens is 4. The molecule has 1 aromatic heterocycles. The fraction of sp³-hybridized carbons (Fsp3) is 0.0714. The zero-order valence-corrected chi connectivity index (χ0v) is 11.2. The maximum atomic E-state index is 13.5. The zero-order chi connectivity index (χ0) is 14.8. The molecule has 2 aromatic carbocycles. The topological polar surface area (TPSA) is 78.8 Å². The predicted molar refractivity (Wildman–Crippen MR) is 75.5 cm³/mol. The van der Waals surface area contributed by atoms with Gasteiger partial charge in [0.15, 0.2) is 11.6 Å². The van der Waals surface area contributed by atoms with Crippen molar-refractivity contribution in [3.8, 4) is 22.8 Å². The van der Waals surface area contributed by atoms with E-state index in [-0.39, 0.29) is 11.4 Å². The molecule has 2 N–H and O–H groups in total. The van der Waals surface area contributed by atoms with Crippen molar-refractivity contribution in [1.29, 1.82) is 0 Å². The zero-order valence-electron chi connectivity index (χ0n) is 11.2. The van der Waals surface area contributed by atoms with Crippen LogP contribution in [0, 0.1) is 5.82 Å². The molecule has 0 unspecified atom stereocenters. The van der Waals surface area contributed by atoms with Crippen molar-refractivity contribution in [1.82, 2.24) is 20.2 Å². The molecule has 3 aromatic rings. The van der Waals surface area contributed by atoms with Gasteiger partial charge in [0.25, 0.3) is 0 Å². The van der Waals surface area contributed by atoms with Crippen molar-refractivity contribution in [2.45, 2.75) is 0 Å². The lowest BCUT2D eigenvalue weighted by Gasteiger charge is -2.07. The molecule has 0 saturated heterocycles. The molecule has 0 bridgehead atoms. The number of anilines is 1. The molecule has 6 nitrogen and oxygen atoms in total. The first kappa shape index (κ1) is 13.0. The second-order valence-corrected chi connectivity index (χ2v) is 4.31. The van der Waals surface area contributed by atoms with E-state index < -0.39 is 5.82 Å². The molecule has 3 rings (SSSR count). The standard InChI is InChI=1S/C14H12FN5O/c1-21-13-8-12(11(16)7-10(13)15)20-18-14(17-19-20)9-5-3-2-4-6-9/h2-8H,16H2,1H3. The Balaban J connectivity index is 2.04. The van der Waals surface area contributed by atoms with Crippen LogP contribution in [-0.4, -0.2) is 27.3 Å². The summed E-state index contributed by atoms with van der Waals surface area (Å²) in [6, 6.07) is 12.0. The molecule has 1 heterocycles. The van der Waals surface area contributed by atoms with Gasteiger partial charge in [0, 0.05) is 17.7 Å². The third-order valence-electron chi connectivity index (χ3n) is 2.96. The van der Waals surface area contributed by atoms with Crippen LogP contribution in [0.25, 0.3) is 17.1 Å². The van der Waals surface area contributed by atoms with Crippen LogP contribution < -0.4 is 10.5 Å². The first-order valence-electron chi connectivity index (χ1n) is 6.18. The van der Waals surface area contributed by atoms with Crippen LogP contribution in [0.3, 0.4) is 0 Å². The molecule has 0 atom stereocenters. The summed E-state index contributed by atoms with van der Waals surface area (Å²) in [5.74, 6) is -0.0156. The Morgan fingerprint density at radius 2 is 1.95 bits per heavy atom. The molecular formula is C14H12FN5O. The second-order valence-electron chi connectivity index (χ2n) is 4.31. The Morgan fingerprint density at radius 3 is 2.67 bits per heavy atom. The minimum atomic E-state index is -0.540. The van der Waals surface area contributed by atoms with E-state index in [4.69, 9.17) is 10.5 Å². The van der Waals surface area contributed by atoms with E-state index in [9.17, 15) is 4.39 Å². The van der Waals surface area contributed by atoms with Crippen LogP contribution >= 0.6 is 0 Å². The number of hydrogen-bond donors (Lipinski definition) is 1. The summed E-state index contributed by atoms with van der Waals surface area (Å²) in [6.45, 7) is 0. The number of methoxy groups -OCH3 is 1. The molecule has 0 aliphatic rings. The number of rotatable bonds is 3. The second kappa shape index (κ2) is 5.20. The van der Waals surface area contributed by atoms with E-state index in [0.29, 0.717) is 11.5 Å². The van der Waals surface area contributed by atoms with Crippen LogP contribution in [0.4, 0.5) is 10.1 Å². The third kappa shape index (κ3) is 2.40. The highest BCUT2D eigenvalue weighted by Gasteiger charge is 2.13. The average molecular weight is 285 g/mol. The highest BCUT2D eigenvalue weighted by molar-refractivity contribution is 5.61. The molecule has 0 aliphatic heterocycles. The lowest BCUT2D eigenvalue weighted by atomic mass is 10.2. The molecule has 0 spiro atoms. The predicted octanol–water partition coefficient (Wildman–Crippen LogP) is 2.06. The van der Waals surface area contributed by atoms with Gasteiger partial charge < -0.3 is 10.5 Å². The number of halogens is 1. The van der Waals surface area contributed by atoms with Gasteiger partial charge in [-0.05, 0) is 5.21 Å². The van der Waals surface area contributed by atoms with Crippen molar-refractivity contribution in [3.63, 3.8) is 0 Å². The number of tetrazole rings is 1. The van der Waals surface area contributed by atoms with E-state index in [1.807, 2.05) is 30.3 Å². The van der Waals surface area contributed by atoms with Gasteiger partial charge in [-0.1, -0.05) is 30.3 Å².